The molecule has 45 heavy (non-hydrogen) atoms. The summed E-state index contributed by atoms with van der Waals surface area (Å²) in [6, 6.07) is 18.1. The molecule has 1 aromatic heterocycles. The van der Waals surface area contributed by atoms with Crippen molar-refractivity contribution in [1.29, 1.82) is 0 Å². The number of carbonyl (C=O) groups is 3. The van der Waals surface area contributed by atoms with E-state index in [-0.39, 0.29) is 24.7 Å². The van der Waals surface area contributed by atoms with Crippen LogP contribution in [-0.2, 0) is 20.6 Å². The molecule has 2 aliphatic rings. The molecule has 2 aliphatic heterocycles. The van der Waals surface area contributed by atoms with Crippen molar-refractivity contribution in [2.45, 2.75) is 29.3 Å². The van der Waals surface area contributed by atoms with Gasteiger partial charge in [0.25, 0.3) is 5.91 Å². The third-order valence-electron chi connectivity index (χ3n) is 7.32. The average molecular weight is 656 g/mol. The van der Waals surface area contributed by atoms with Gasteiger partial charge >= 0.3 is 11.0 Å². The number of anilines is 2. The summed E-state index contributed by atoms with van der Waals surface area (Å²) in [4.78, 5) is 55.9. The first kappa shape index (κ1) is 30.5. The highest BCUT2D eigenvalue weighted by molar-refractivity contribution is 8.00. The van der Waals surface area contributed by atoms with Crippen LogP contribution in [-0.4, -0.2) is 41.2 Å². The predicted molar refractivity (Wildman–Crippen MR) is 162 cm³/mol. The molecule has 3 heterocycles. The van der Waals surface area contributed by atoms with Crippen LogP contribution in [0.5, 0.6) is 11.5 Å². The Kier molecular flexibility index (Phi) is 8.18. The lowest BCUT2D eigenvalue weighted by atomic mass is 9.83. The van der Waals surface area contributed by atoms with Gasteiger partial charge in [0.15, 0.2) is 18.1 Å². The molecule has 0 bridgehead atoms. The van der Waals surface area contributed by atoms with E-state index in [1.54, 1.807) is 49.4 Å². The van der Waals surface area contributed by atoms with Gasteiger partial charge in [-0.15, -0.1) is 0 Å². The maximum Gasteiger partial charge on any atom is 0.418 e. The van der Waals surface area contributed by atoms with Crippen molar-refractivity contribution < 1.29 is 37.0 Å². The number of aromatic nitrogens is 1. The standard InChI is InChI=1S/C31H24F3N3O6S2/c1-2-42-21-14-16(12-13-20(21)43-15-22(38)35-17-8-4-3-5-9-17)23-24-26(44-27-25(23)45-30(41)36-27)29(40)37(28(24)39)19-11-7-6-10-18(19)31(32,33)34/h3-14,23-24,26H,2,15H2,1H3,(H,35,38)(H,36,41). The minimum Gasteiger partial charge on any atom is -0.490 e. The number of rotatable bonds is 8. The molecule has 1 saturated heterocycles. The highest BCUT2D eigenvalue weighted by Gasteiger charge is 2.57. The van der Waals surface area contributed by atoms with E-state index in [1.165, 1.54) is 12.1 Å². The number of H-pyrrole nitrogens is 1. The Morgan fingerprint density at radius 2 is 1.69 bits per heavy atom. The second kappa shape index (κ2) is 12.1. The number of carbonyl (C=O) groups excluding carboxylic acids is 3. The maximum absolute atomic E-state index is 14.0. The zero-order valence-electron chi connectivity index (χ0n) is 23.4. The van der Waals surface area contributed by atoms with Gasteiger partial charge < -0.3 is 19.8 Å². The molecule has 0 radical (unpaired) electrons. The van der Waals surface area contributed by atoms with Crippen molar-refractivity contribution in [1.82, 2.24) is 4.98 Å². The number of imide groups is 1. The fourth-order valence-corrected chi connectivity index (χ4v) is 8.00. The zero-order valence-corrected chi connectivity index (χ0v) is 25.1. The van der Waals surface area contributed by atoms with Gasteiger partial charge in [-0.1, -0.05) is 59.5 Å². The molecule has 0 saturated carbocycles. The molecule has 2 N–H and O–H groups in total. The summed E-state index contributed by atoms with van der Waals surface area (Å²) in [6.45, 7) is 1.64. The molecule has 3 aromatic carbocycles. The Balaban J connectivity index is 1.35. The number of benzene rings is 3. The monoisotopic (exact) mass is 655 g/mol. The Hall–Kier alpha value is -4.56. The van der Waals surface area contributed by atoms with Gasteiger partial charge in [-0.3, -0.25) is 19.2 Å². The van der Waals surface area contributed by atoms with Crippen molar-refractivity contribution in [3.05, 3.63) is 98.5 Å². The van der Waals surface area contributed by atoms with Crippen molar-refractivity contribution in [2.75, 3.05) is 23.4 Å². The summed E-state index contributed by atoms with van der Waals surface area (Å²) in [5.41, 5.74) is -0.566. The molecule has 6 rings (SSSR count). The summed E-state index contributed by atoms with van der Waals surface area (Å²) in [5.74, 6) is -3.49. The molecule has 9 nitrogen and oxygen atoms in total. The first-order valence-electron chi connectivity index (χ1n) is 13.7. The number of fused-ring (bicyclic) bond motifs is 2. The first-order valence-corrected chi connectivity index (χ1v) is 15.4. The van der Waals surface area contributed by atoms with Gasteiger partial charge in [0.05, 0.1) is 28.8 Å². The predicted octanol–water partition coefficient (Wildman–Crippen LogP) is 5.67. The van der Waals surface area contributed by atoms with E-state index < -0.39 is 57.1 Å². The second-order valence-electron chi connectivity index (χ2n) is 10.1. The average Bonchev–Trinajstić information content (AvgIpc) is 3.50. The van der Waals surface area contributed by atoms with Gasteiger partial charge in [-0.25, -0.2) is 4.90 Å². The first-order chi connectivity index (χ1) is 21.6. The van der Waals surface area contributed by atoms with Crippen LogP contribution in [0.15, 0.2) is 82.6 Å². The quantitative estimate of drug-likeness (QED) is 0.235. The Morgan fingerprint density at radius 3 is 2.42 bits per heavy atom. The summed E-state index contributed by atoms with van der Waals surface area (Å²) in [6.07, 6.45) is -4.80. The van der Waals surface area contributed by atoms with Gasteiger partial charge in [0, 0.05) is 16.5 Å². The number of para-hydroxylation sites is 2. The van der Waals surface area contributed by atoms with E-state index in [9.17, 15) is 32.3 Å². The molecular weight excluding hydrogens is 631 g/mol. The number of amides is 3. The molecule has 14 heteroatoms. The van der Waals surface area contributed by atoms with Crippen LogP contribution < -0.4 is 24.6 Å². The van der Waals surface area contributed by atoms with Gasteiger partial charge in [0.2, 0.25) is 11.8 Å². The maximum atomic E-state index is 14.0. The number of hydrogen-bond donors (Lipinski definition) is 2. The molecule has 0 aliphatic carbocycles. The van der Waals surface area contributed by atoms with Crippen LogP contribution in [0.4, 0.5) is 24.5 Å². The number of aromatic amines is 1. The van der Waals surface area contributed by atoms with Gasteiger partial charge in [0.1, 0.15) is 5.25 Å². The fourth-order valence-electron chi connectivity index (χ4n) is 5.49. The van der Waals surface area contributed by atoms with E-state index in [2.05, 4.69) is 10.3 Å². The Labute approximate surface area is 262 Å². The van der Waals surface area contributed by atoms with E-state index in [1.807, 2.05) is 6.07 Å². The number of ether oxygens (including phenoxy) is 2. The number of thiazole rings is 1. The third kappa shape index (κ3) is 5.82. The van der Waals surface area contributed by atoms with Crippen LogP contribution in [0, 0.1) is 5.92 Å². The Bertz CT molecular complexity index is 1840. The normalized spacial score (nSPS) is 19.2. The minimum atomic E-state index is -4.80. The van der Waals surface area contributed by atoms with Crippen molar-refractivity contribution in [3.8, 4) is 11.5 Å². The van der Waals surface area contributed by atoms with Crippen molar-refractivity contribution in [2.24, 2.45) is 5.92 Å². The lowest BCUT2D eigenvalue weighted by Gasteiger charge is -2.30. The number of alkyl halides is 3. The minimum absolute atomic E-state index is 0.227. The fraction of sp³-hybridized carbons (Fsp3) is 0.226. The number of halogens is 3. The Morgan fingerprint density at radius 1 is 0.956 bits per heavy atom. The van der Waals surface area contributed by atoms with E-state index in [0.717, 1.165) is 35.2 Å². The summed E-state index contributed by atoms with van der Waals surface area (Å²) < 4.78 is 53.3. The van der Waals surface area contributed by atoms with E-state index in [0.29, 0.717) is 26.1 Å². The molecule has 3 amide bonds. The van der Waals surface area contributed by atoms with E-state index >= 15 is 0 Å². The second-order valence-corrected chi connectivity index (χ2v) is 12.3. The third-order valence-corrected chi connectivity index (χ3v) is 9.72. The van der Waals surface area contributed by atoms with Crippen LogP contribution in [0.1, 0.15) is 28.8 Å². The van der Waals surface area contributed by atoms with Crippen LogP contribution >= 0.6 is 23.1 Å². The van der Waals surface area contributed by atoms with Gasteiger partial charge in [-0.2, -0.15) is 13.2 Å². The highest BCUT2D eigenvalue weighted by atomic mass is 32.2. The van der Waals surface area contributed by atoms with Gasteiger partial charge in [-0.05, 0) is 48.9 Å². The molecule has 3 unspecified atom stereocenters. The molecule has 0 spiro atoms. The lowest BCUT2D eigenvalue weighted by Crippen LogP contribution is -2.33. The van der Waals surface area contributed by atoms with Crippen LogP contribution in [0.25, 0.3) is 0 Å². The topological polar surface area (TPSA) is 118 Å². The summed E-state index contributed by atoms with van der Waals surface area (Å²) >= 11 is 1.83. The lowest BCUT2D eigenvalue weighted by molar-refractivity contribution is -0.137. The van der Waals surface area contributed by atoms with Crippen molar-refractivity contribution in [3.63, 3.8) is 0 Å². The largest absolute Gasteiger partial charge is 0.490 e. The number of nitrogens with one attached hydrogen (secondary N) is 2. The number of nitrogens with zero attached hydrogens (tertiary/aromatic N) is 1. The SMILES string of the molecule is CCOc1cc(C2c3sc(=O)[nH]c3SC3C(=O)N(c4ccccc4C(F)(F)F)C(=O)C32)ccc1OCC(=O)Nc1ccccc1. The molecular formula is C31H24F3N3O6S2. The smallest absolute Gasteiger partial charge is 0.418 e. The molecule has 4 aromatic rings. The molecule has 232 valence electrons. The molecule has 1 fully saturated rings. The van der Waals surface area contributed by atoms with Crippen LogP contribution in [0.2, 0.25) is 0 Å². The van der Waals surface area contributed by atoms with Crippen LogP contribution in [0.3, 0.4) is 0 Å². The molecule has 3 atom stereocenters. The zero-order chi connectivity index (χ0) is 31.9. The number of hydrogen-bond acceptors (Lipinski definition) is 8. The van der Waals surface area contributed by atoms with Crippen molar-refractivity contribution >= 4 is 52.2 Å². The summed E-state index contributed by atoms with van der Waals surface area (Å²) in [7, 11) is 0. The van der Waals surface area contributed by atoms with E-state index in [4.69, 9.17) is 9.47 Å². The number of thioether (sulfide) groups is 1. The highest BCUT2D eigenvalue weighted by Crippen LogP contribution is 2.54. The summed E-state index contributed by atoms with van der Waals surface area (Å²) in [5, 5.41) is 2.01.